The van der Waals surface area contributed by atoms with E-state index in [1.807, 2.05) is 22.6 Å². The number of aromatic amines is 1. The lowest BCUT2D eigenvalue weighted by molar-refractivity contribution is 0.111. The van der Waals surface area contributed by atoms with Crippen molar-refractivity contribution in [1.29, 1.82) is 0 Å². The van der Waals surface area contributed by atoms with Gasteiger partial charge in [0.1, 0.15) is 5.82 Å². The minimum atomic E-state index is -0.290. The number of aromatic nitrogens is 1. The molecule has 2 nitrogen and oxygen atoms in total. The molecule has 0 fully saturated rings. The number of hydrogen-bond donors (Lipinski definition) is 1. The van der Waals surface area contributed by atoms with Crippen LogP contribution in [0.1, 0.15) is 10.5 Å². The van der Waals surface area contributed by atoms with Crippen LogP contribution in [0, 0.1) is 9.39 Å². The smallest absolute Gasteiger partial charge is 0.167 e. The number of H-pyrrole nitrogens is 1. The molecule has 0 aliphatic rings. The van der Waals surface area contributed by atoms with Gasteiger partial charge in [0, 0.05) is 14.5 Å². The highest BCUT2D eigenvalue weighted by Crippen LogP contribution is 2.23. The van der Waals surface area contributed by atoms with Crippen molar-refractivity contribution in [3.05, 3.63) is 33.3 Å². The van der Waals surface area contributed by atoms with E-state index in [0.29, 0.717) is 5.69 Å². The van der Waals surface area contributed by atoms with Crippen molar-refractivity contribution in [2.24, 2.45) is 0 Å². The number of fused-ring (bicyclic) bond motifs is 1. The second kappa shape index (κ2) is 3.10. The zero-order valence-electron chi connectivity index (χ0n) is 6.47. The van der Waals surface area contributed by atoms with Gasteiger partial charge in [0.25, 0.3) is 0 Å². The predicted octanol–water partition coefficient (Wildman–Crippen LogP) is 2.72. The van der Waals surface area contributed by atoms with E-state index in [0.717, 1.165) is 20.8 Å². The van der Waals surface area contributed by atoms with Gasteiger partial charge in [-0.25, -0.2) is 4.39 Å². The Hall–Kier alpha value is -0.910. The minimum absolute atomic E-state index is 0.290. The van der Waals surface area contributed by atoms with Crippen LogP contribution in [-0.2, 0) is 0 Å². The van der Waals surface area contributed by atoms with E-state index < -0.39 is 0 Å². The van der Waals surface area contributed by atoms with Crippen molar-refractivity contribution >= 4 is 39.8 Å². The summed E-state index contributed by atoms with van der Waals surface area (Å²) in [6, 6.07) is 4.41. The SMILES string of the molecule is O=Cc1[nH]c2ccc(F)cc2c1I. The molecule has 1 heterocycles. The summed E-state index contributed by atoms with van der Waals surface area (Å²) in [5.74, 6) is -0.290. The van der Waals surface area contributed by atoms with Crippen LogP contribution < -0.4 is 0 Å². The first-order valence-electron chi connectivity index (χ1n) is 3.64. The molecular weight excluding hydrogens is 284 g/mol. The van der Waals surface area contributed by atoms with E-state index >= 15 is 0 Å². The molecule has 0 amide bonds. The van der Waals surface area contributed by atoms with Gasteiger partial charge in [0.05, 0.1) is 5.69 Å². The highest BCUT2D eigenvalue weighted by Gasteiger charge is 2.07. The maximum absolute atomic E-state index is 12.8. The van der Waals surface area contributed by atoms with Crippen molar-refractivity contribution in [1.82, 2.24) is 4.98 Å². The lowest BCUT2D eigenvalue weighted by Crippen LogP contribution is -1.79. The van der Waals surface area contributed by atoms with Crippen molar-refractivity contribution in [3.8, 4) is 0 Å². The third kappa shape index (κ3) is 1.35. The third-order valence-corrected chi connectivity index (χ3v) is 3.00. The van der Waals surface area contributed by atoms with Gasteiger partial charge in [-0.1, -0.05) is 0 Å². The van der Waals surface area contributed by atoms with Gasteiger partial charge >= 0.3 is 0 Å². The summed E-state index contributed by atoms with van der Waals surface area (Å²) in [6.45, 7) is 0. The number of hydrogen-bond acceptors (Lipinski definition) is 1. The normalized spacial score (nSPS) is 10.6. The second-order valence-corrected chi connectivity index (χ2v) is 3.74. The Morgan fingerprint density at radius 1 is 1.46 bits per heavy atom. The molecule has 2 rings (SSSR count). The fourth-order valence-corrected chi connectivity index (χ4v) is 1.94. The van der Waals surface area contributed by atoms with Crippen LogP contribution in [0.5, 0.6) is 0 Å². The third-order valence-electron chi connectivity index (χ3n) is 1.84. The fourth-order valence-electron chi connectivity index (χ4n) is 1.23. The minimum Gasteiger partial charge on any atom is -0.351 e. The summed E-state index contributed by atoms with van der Waals surface area (Å²) >= 11 is 2.02. The number of benzene rings is 1. The molecule has 4 heteroatoms. The van der Waals surface area contributed by atoms with E-state index in [4.69, 9.17) is 0 Å². The summed E-state index contributed by atoms with van der Waals surface area (Å²) in [6.07, 6.45) is 0.736. The molecule has 0 aliphatic heterocycles. The topological polar surface area (TPSA) is 32.9 Å². The van der Waals surface area contributed by atoms with Gasteiger partial charge in [-0.2, -0.15) is 0 Å². The quantitative estimate of drug-likeness (QED) is 0.635. The average molecular weight is 289 g/mol. The standard InChI is InChI=1S/C9H5FINO/c10-5-1-2-7-6(3-5)9(11)8(4-13)12-7/h1-4,12H. The lowest BCUT2D eigenvalue weighted by atomic mass is 10.2. The van der Waals surface area contributed by atoms with E-state index in [9.17, 15) is 9.18 Å². The summed E-state index contributed by atoms with van der Waals surface area (Å²) in [4.78, 5) is 13.5. The van der Waals surface area contributed by atoms with Gasteiger partial charge < -0.3 is 4.98 Å². The molecule has 0 atom stereocenters. The number of aldehydes is 1. The Morgan fingerprint density at radius 2 is 2.23 bits per heavy atom. The molecule has 0 saturated heterocycles. The molecule has 0 radical (unpaired) electrons. The van der Waals surface area contributed by atoms with Crippen LogP contribution in [0.3, 0.4) is 0 Å². The van der Waals surface area contributed by atoms with Crippen LogP contribution in [0.4, 0.5) is 4.39 Å². The first kappa shape index (κ1) is 8.68. The number of halogens is 2. The molecule has 66 valence electrons. The van der Waals surface area contributed by atoms with E-state index in [-0.39, 0.29) is 5.82 Å². The van der Waals surface area contributed by atoms with Crippen LogP contribution in [0.2, 0.25) is 0 Å². The molecule has 13 heavy (non-hydrogen) atoms. The molecule has 0 unspecified atom stereocenters. The average Bonchev–Trinajstić information content (AvgIpc) is 2.44. The fraction of sp³-hybridized carbons (Fsp3) is 0. The Morgan fingerprint density at radius 3 is 2.92 bits per heavy atom. The van der Waals surface area contributed by atoms with E-state index in [1.165, 1.54) is 12.1 Å². The zero-order chi connectivity index (χ0) is 9.42. The summed E-state index contributed by atoms with van der Waals surface area (Å²) in [5, 5.41) is 0.753. The van der Waals surface area contributed by atoms with Crippen LogP contribution in [0.25, 0.3) is 10.9 Å². The van der Waals surface area contributed by atoms with E-state index in [1.54, 1.807) is 6.07 Å². The van der Waals surface area contributed by atoms with Crippen molar-refractivity contribution in [3.63, 3.8) is 0 Å². The summed E-state index contributed by atoms with van der Waals surface area (Å²) < 4.78 is 13.6. The van der Waals surface area contributed by atoms with E-state index in [2.05, 4.69) is 4.98 Å². The van der Waals surface area contributed by atoms with Gasteiger partial charge in [-0.3, -0.25) is 4.79 Å². The van der Waals surface area contributed by atoms with Crippen LogP contribution in [0.15, 0.2) is 18.2 Å². The largest absolute Gasteiger partial charge is 0.351 e. The first-order chi connectivity index (χ1) is 6.22. The second-order valence-electron chi connectivity index (χ2n) is 2.66. The Labute approximate surface area is 87.3 Å². The summed E-state index contributed by atoms with van der Waals surface area (Å²) in [5.41, 5.74) is 1.29. The number of carbonyl (C=O) groups is 1. The van der Waals surface area contributed by atoms with Gasteiger partial charge in [-0.15, -0.1) is 0 Å². The molecule has 0 saturated carbocycles. The molecule has 0 aliphatic carbocycles. The lowest BCUT2D eigenvalue weighted by Gasteiger charge is -1.89. The molecule has 2 aromatic rings. The number of carbonyl (C=O) groups excluding carboxylic acids is 1. The van der Waals surface area contributed by atoms with Crippen molar-refractivity contribution in [2.45, 2.75) is 0 Å². The highest BCUT2D eigenvalue weighted by molar-refractivity contribution is 14.1. The van der Waals surface area contributed by atoms with Gasteiger partial charge in [0.15, 0.2) is 6.29 Å². The molecule has 0 spiro atoms. The molecule has 1 N–H and O–H groups in total. The molecule has 1 aromatic heterocycles. The van der Waals surface area contributed by atoms with Crippen LogP contribution >= 0.6 is 22.6 Å². The Balaban J connectivity index is 2.84. The summed E-state index contributed by atoms with van der Waals surface area (Å²) in [7, 11) is 0. The maximum Gasteiger partial charge on any atom is 0.167 e. The first-order valence-corrected chi connectivity index (χ1v) is 4.72. The predicted molar refractivity (Wildman–Crippen MR) is 56.4 cm³/mol. The maximum atomic E-state index is 12.8. The van der Waals surface area contributed by atoms with Gasteiger partial charge in [-0.05, 0) is 40.8 Å². The number of rotatable bonds is 1. The van der Waals surface area contributed by atoms with Crippen molar-refractivity contribution in [2.75, 3.05) is 0 Å². The van der Waals surface area contributed by atoms with Crippen molar-refractivity contribution < 1.29 is 9.18 Å². The molecular formula is C9H5FINO. The van der Waals surface area contributed by atoms with Crippen LogP contribution in [-0.4, -0.2) is 11.3 Å². The Bertz CT molecular complexity index is 478. The number of nitrogens with one attached hydrogen (secondary N) is 1. The Kier molecular flexibility index (Phi) is 2.07. The molecule has 1 aromatic carbocycles. The zero-order valence-corrected chi connectivity index (χ0v) is 8.63. The molecule has 0 bridgehead atoms. The van der Waals surface area contributed by atoms with Gasteiger partial charge in [0.2, 0.25) is 0 Å². The monoisotopic (exact) mass is 289 g/mol. The highest BCUT2D eigenvalue weighted by atomic mass is 127.